The van der Waals surface area contributed by atoms with E-state index in [-0.39, 0.29) is 21.9 Å². The maximum Gasteiger partial charge on any atom is 0.306 e. The standard InChI is InChI=1S/C17H17FN2O4S2/c18-14-7-5-12(6-8-14)16-19-10-15(25-16)26(23,24)20-9-11-1-3-13(4-2-11)17(21)22/h5-11,13H,1-4H2,(H,21,22)/b20-9+. The zero-order chi connectivity index (χ0) is 18.7. The van der Waals surface area contributed by atoms with Crippen molar-refractivity contribution in [1.29, 1.82) is 0 Å². The number of carboxylic acid groups (broad SMARTS) is 1. The molecule has 0 amide bonds. The first-order valence-corrected chi connectivity index (χ1v) is 10.4. The van der Waals surface area contributed by atoms with Gasteiger partial charge in [-0.25, -0.2) is 9.37 Å². The molecule has 9 heteroatoms. The summed E-state index contributed by atoms with van der Waals surface area (Å²) in [6, 6.07) is 5.65. The number of aliphatic carboxylic acids is 1. The number of hydrogen-bond acceptors (Lipinski definition) is 5. The molecule has 1 saturated carbocycles. The summed E-state index contributed by atoms with van der Waals surface area (Å²) in [5, 5.41) is 9.46. The molecule has 1 aliphatic rings. The molecule has 2 aromatic rings. The fourth-order valence-electron chi connectivity index (χ4n) is 2.84. The molecule has 1 heterocycles. The second kappa shape index (κ2) is 7.63. The van der Waals surface area contributed by atoms with E-state index < -0.39 is 16.0 Å². The largest absolute Gasteiger partial charge is 0.481 e. The molecule has 1 fully saturated rings. The SMILES string of the molecule is O=C(O)C1CCC(/C=N/S(=O)(=O)c2cnc(-c3ccc(F)cc3)s2)CC1. The van der Waals surface area contributed by atoms with E-state index in [9.17, 15) is 17.6 Å². The van der Waals surface area contributed by atoms with Gasteiger partial charge < -0.3 is 5.11 Å². The third-order valence-electron chi connectivity index (χ3n) is 4.36. The molecule has 0 radical (unpaired) electrons. The summed E-state index contributed by atoms with van der Waals surface area (Å²) in [6.07, 6.45) is 4.93. The number of carbonyl (C=O) groups is 1. The minimum absolute atomic E-state index is 0.0206. The number of halogens is 1. The molecule has 0 unspecified atom stereocenters. The van der Waals surface area contributed by atoms with Crippen LogP contribution in [0.4, 0.5) is 4.39 Å². The smallest absolute Gasteiger partial charge is 0.306 e. The van der Waals surface area contributed by atoms with Crippen molar-refractivity contribution in [2.75, 3.05) is 0 Å². The molecule has 0 bridgehead atoms. The van der Waals surface area contributed by atoms with Gasteiger partial charge in [-0.05, 0) is 55.9 Å². The highest BCUT2D eigenvalue weighted by Crippen LogP contribution is 2.30. The zero-order valence-corrected chi connectivity index (χ0v) is 15.3. The molecule has 0 saturated heterocycles. The quantitative estimate of drug-likeness (QED) is 0.779. The Hall–Kier alpha value is -2.13. The number of hydrogen-bond donors (Lipinski definition) is 1. The van der Waals surface area contributed by atoms with Crippen LogP contribution in [-0.4, -0.2) is 30.7 Å². The van der Waals surface area contributed by atoms with Crippen molar-refractivity contribution >= 4 is 33.5 Å². The summed E-state index contributed by atoms with van der Waals surface area (Å²) in [6.45, 7) is 0. The first-order valence-electron chi connectivity index (χ1n) is 8.10. The number of nitrogens with zero attached hydrogens (tertiary/aromatic N) is 2. The Morgan fingerprint density at radius 2 is 1.88 bits per heavy atom. The maximum atomic E-state index is 13.0. The molecule has 1 aromatic heterocycles. The monoisotopic (exact) mass is 396 g/mol. The lowest BCUT2D eigenvalue weighted by Crippen LogP contribution is -2.22. The van der Waals surface area contributed by atoms with Crippen molar-refractivity contribution in [3.63, 3.8) is 0 Å². The second-order valence-electron chi connectivity index (χ2n) is 6.17. The van der Waals surface area contributed by atoms with Crippen LogP contribution >= 0.6 is 11.3 Å². The zero-order valence-electron chi connectivity index (χ0n) is 13.7. The van der Waals surface area contributed by atoms with Crippen LogP contribution in [0.5, 0.6) is 0 Å². The van der Waals surface area contributed by atoms with Crippen LogP contribution in [0.2, 0.25) is 0 Å². The van der Waals surface area contributed by atoms with Crippen LogP contribution in [-0.2, 0) is 14.8 Å². The van der Waals surface area contributed by atoms with E-state index in [0.717, 1.165) is 11.3 Å². The number of benzene rings is 1. The van der Waals surface area contributed by atoms with Gasteiger partial charge in [-0.15, -0.1) is 11.3 Å². The van der Waals surface area contributed by atoms with E-state index in [1.54, 1.807) is 0 Å². The van der Waals surface area contributed by atoms with Gasteiger partial charge in [0.05, 0.1) is 12.1 Å². The maximum absolute atomic E-state index is 13.0. The van der Waals surface area contributed by atoms with Crippen LogP contribution in [0.3, 0.4) is 0 Å². The Labute approximate surface area is 154 Å². The second-order valence-corrected chi connectivity index (χ2v) is 9.06. The van der Waals surface area contributed by atoms with Gasteiger partial charge in [0.2, 0.25) is 0 Å². The van der Waals surface area contributed by atoms with Crippen molar-refractivity contribution in [3.05, 3.63) is 36.3 Å². The van der Waals surface area contributed by atoms with Gasteiger partial charge in [-0.2, -0.15) is 12.8 Å². The summed E-state index contributed by atoms with van der Waals surface area (Å²) in [7, 11) is -3.85. The van der Waals surface area contributed by atoms with E-state index in [1.807, 2.05) is 0 Å². The van der Waals surface area contributed by atoms with Crippen LogP contribution in [0, 0.1) is 17.7 Å². The predicted molar refractivity (Wildman–Crippen MR) is 96.3 cm³/mol. The van der Waals surface area contributed by atoms with Crippen LogP contribution in [0.25, 0.3) is 10.6 Å². The minimum Gasteiger partial charge on any atom is -0.481 e. The Balaban J connectivity index is 1.69. The van der Waals surface area contributed by atoms with Crippen molar-refractivity contribution < 1.29 is 22.7 Å². The number of carboxylic acids is 1. The number of aromatic nitrogens is 1. The predicted octanol–water partition coefficient (Wildman–Crippen LogP) is 3.60. The molecule has 1 aromatic carbocycles. The van der Waals surface area contributed by atoms with Crippen molar-refractivity contribution in [3.8, 4) is 10.6 Å². The molecule has 0 atom stereocenters. The van der Waals surface area contributed by atoms with E-state index >= 15 is 0 Å². The van der Waals surface area contributed by atoms with E-state index in [1.165, 1.54) is 36.7 Å². The normalized spacial score (nSPS) is 21.1. The molecular weight excluding hydrogens is 379 g/mol. The highest BCUT2D eigenvalue weighted by atomic mass is 32.2. The third kappa shape index (κ3) is 4.34. The average molecular weight is 396 g/mol. The number of sulfonamides is 1. The van der Waals surface area contributed by atoms with Gasteiger partial charge in [0.1, 0.15) is 10.8 Å². The summed E-state index contributed by atoms with van der Waals surface area (Å²) >= 11 is 0.977. The number of thiazole rings is 1. The Bertz CT molecular complexity index is 914. The van der Waals surface area contributed by atoms with E-state index in [2.05, 4.69) is 9.38 Å². The van der Waals surface area contributed by atoms with Crippen LogP contribution in [0.15, 0.2) is 39.1 Å². The third-order valence-corrected chi connectivity index (χ3v) is 7.10. The first-order chi connectivity index (χ1) is 12.3. The highest BCUT2D eigenvalue weighted by molar-refractivity contribution is 7.92. The van der Waals surface area contributed by atoms with Crippen molar-refractivity contribution in [2.24, 2.45) is 16.2 Å². The van der Waals surface area contributed by atoms with E-state index in [4.69, 9.17) is 5.11 Å². The van der Waals surface area contributed by atoms with E-state index in [0.29, 0.717) is 36.3 Å². The van der Waals surface area contributed by atoms with Gasteiger partial charge in [-0.3, -0.25) is 4.79 Å². The van der Waals surface area contributed by atoms with Gasteiger partial charge in [0.15, 0.2) is 4.21 Å². The fraction of sp³-hybridized carbons (Fsp3) is 0.353. The molecule has 6 nitrogen and oxygen atoms in total. The molecule has 0 aliphatic heterocycles. The van der Waals surface area contributed by atoms with Gasteiger partial charge >= 0.3 is 5.97 Å². The van der Waals surface area contributed by atoms with Gasteiger partial charge in [0.25, 0.3) is 10.0 Å². The van der Waals surface area contributed by atoms with Crippen LogP contribution < -0.4 is 0 Å². The fourth-order valence-corrected chi connectivity index (χ4v) is 4.90. The minimum atomic E-state index is -3.85. The lowest BCUT2D eigenvalue weighted by atomic mass is 9.83. The Morgan fingerprint density at radius 3 is 2.50 bits per heavy atom. The summed E-state index contributed by atoms with van der Waals surface area (Å²) in [4.78, 5) is 15.0. The summed E-state index contributed by atoms with van der Waals surface area (Å²) in [5.74, 6) is -1.56. The lowest BCUT2D eigenvalue weighted by molar-refractivity contribution is -0.142. The molecule has 1 N–H and O–H groups in total. The molecular formula is C17H17FN2O4S2. The summed E-state index contributed by atoms with van der Waals surface area (Å²) in [5.41, 5.74) is 0.633. The van der Waals surface area contributed by atoms with Gasteiger partial charge in [0, 0.05) is 11.8 Å². The molecule has 1 aliphatic carbocycles. The average Bonchev–Trinajstić information content (AvgIpc) is 3.12. The van der Waals surface area contributed by atoms with Gasteiger partial charge in [-0.1, -0.05) is 0 Å². The number of rotatable bonds is 5. The Kier molecular flexibility index (Phi) is 5.47. The summed E-state index contributed by atoms with van der Waals surface area (Å²) < 4.78 is 41.5. The lowest BCUT2D eigenvalue weighted by Gasteiger charge is -2.22. The molecule has 0 spiro atoms. The van der Waals surface area contributed by atoms with Crippen molar-refractivity contribution in [2.45, 2.75) is 29.9 Å². The molecule has 26 heavy (non-hydrogen) atoms. The topological polar surface area (TPSA) is 96.7 Å². The molecule has 3 rings (SSSR count). The first kappa shape index (κ1) is 18.7. The molecule has 138 valence electrons. The van der Waals surface area contributed by atoms with Crippen molar-refractivity contribution in [1.82, 2.24) is 4.98 Å². The highest BCUT2D eigenvalue weighted by Gasteiger charge is 2.26. The Morgan fingerprint density at radius 1 is 1.23 bits per heavy atom. The van der Waals surface area contributed by atoms with Crippen LogP contribution in [0.1, 0.15) is 25.7 Å².